The number of nitrogens with zero attached hydrogens (tertiary/aromatic N) is 1. The van der Waals surface area contributed by atoms with Crippen LogP contribution in [-0.2, 0) is 5.41 Å². The fourth-order valence-corrected chi connectivity index (χ4v) is 9.11. The molecule has 0 radical (unpaired) electrons. The second-order valence-electron chi connectivity index (χ2n) is 15.3. The molecule has 0 aliphatic heterocycles. The molecule has 55 heavy (non-hydrogen) atoms. The minimum atomic E-state index is -0.108. The molecule has 1 aliphatic carbocycles. The second kappa shape index (κ2) is 12.1. The molecule has 2 heteroatoms. The maximum Gasteiger partial charge on any atom is 0.143 e. The van der Waals surface area contributed by atoms with Crippen LogP contribution in [0.25, 0.3) is 76.9 Å². The lowest BCUT2D eigenvalue weighted by Crippen LogP contribution is -2.14. The predicted molar refractivity (Wildman–Crippen MR) is 232 cm³/mol. The quantitative estimate of drug-likeness (QED) is 0.177. The number of fused-ring (bicyclic) bond motifs is 8. The van der Waals surface area contributed by atoms with Gasteiger partial charge in [-0.05, 0) is 109 Å². The Morgan fingerprint density at radius 2 is 1.11 bits per heavy atom. The summed E-state index contributed by atoms with van der Waals surface area (Å²) in [5, 5.41) is 6.99. The molecule has 0 N–H and O–H groups in total. The topological polar surface area (TPSA) is 16.4 Å². The van der Waals surface area contributed by atoms with Gasteiger partial charge in [0.1, 0.15) is 11.2 Å². The van der Waals surface area contributed by atoms with E-state index in [0.717, 1.165) is 44.6 Å². The smallest absolute Gasteiger partial charge is 0.143 e. The number of furan rings is 1. The summed E-state index contributed by atoms with van der Waals surface area (Å²) in [5.41, 5.74) is 15.0. The van der Waals surface area contributed by atoms with Crippen LogP contribution >= 0.6 is 0 Å². The molecule has 1 heterocycles. The van der Waals surface area contributed by atoms with Gasteiger partial charge in [0.15, 0.2) is 0 Å². The first-order chi connectivity index (χ1) is 27.0. The number of anilines is 3. The van der Waals surface area contributed by atoms with Crippen LogP contribution in [0, 0.1) is 0 Å². The van der Waals surface area contributed by atoms with Gasteiger partial charge in [0.2, 0.25) is 0 Å². The Morgan fingerprint density at radius 1 is 0.436 bits per heavy atom. The van der Waals surface area contributed by atoms with Crippen molar-refractivity contribution < 1.29 is 4.42 Å². The van der Waals surface area contributed by atoms with Gasteiger partial charge in [0, 0.05) is 27.7 Å². The second-order valence-corrected chi connectivity index (χ2v) is 15.3. The summed E-state index contributed by atoms with van der Waals surface area (Å²) in [6, 6.07) is 68.3. The van der Waals surface area contributed by atoms with E-state index in [-0.39, 0.29) is 5.41 Å². The van der Waals surface area contributed by atoms with Crippen LogP contribution in [-0.4, -0.2) is 0 Å². The summed E-state index contributed by atoms with van der Waals surface area (Å²) >= 11 is 0. The van der Waals surface area contributed by atoms with Crippen molar-refractivity contribution in [3.63, 3.8) is 0 Å². The Morgan fingerprint density at radius 3 is 1.96 bits per heavy atom. The van der Waals surface area contributed by atoms with Crippen LogP contribution < -0.4 is 4.90 Å². The summed E-state index contributed by atoms with van der Waals surface area (Å²) < 4.78 is 7.06. The fraction of sp³-hybridized carbons (Fsp3) is 0.0566. The van der Waals surface area contributed by atoms with E-state index in [9.17, 15) is 0 Å². The molecule has 0 atom stereocenters. The Balaban J connectivity index is 1.16. The third kappa shape index (κ3) is 4.88. The molecule has 260 valence electrons. The Bertz CT molecular complexity index is 3110. The minimum Gasteiger partial charge on any atom is -0.455 e. The molecule has 0 spiro atoms. The van der Waals surface area contributed by atoms with Crippen molar-refractivity contribution in [1.29, 1.82) is 0 Å². The summed E-state index contributed by atoms with van der Waals surface area (Å²) in [6.45, 7) is 4.70. The van der Waals surface area contributed by atoms with E-state index >= 15 is 0 Å². The first-order valence-electron chi connectivity index (χ1n) is 19.1. The largest absolute Gasteiger partial charge is 0.455 e. The third-order valence-corrected chi connectivity index (χ3v) is 11.8. The van der Waals surface area contributed by atoms with Gasteiger partial charge < -0.3 is 9.32 Å². The van der Waals surface area contributed by atoms with Crippen molar-refractivity contribution in [2.45, 2.75) is 19.3 Å². The molecule has 1 aliphatic rings. The average molecular weight is 704 g/mol. The molecule has 9 aromatic carbocycles. The van der Waals surface area contributed by atoms with E-state index in [0.29, 0.717) is 0 Å². The van der Waals surface area contributed by atoms with E-state index in [1.165, 1.54) is 60.5 Å². The molecule has 0 saturated carbocycles. The summed E-state index contributed by atoms with van der Waals surface area (Å²) in [7, 11) is 0. The van der Waals surface area contributed by atoms with Gasteiger partial charge in [-0.3, -0.25) is 0 Å². The van der Waals surface area contributed by atoms with Gasteiger partial charge in [-0.15, -0.1) is 0 Å². The van der Waals surface area contributed by atoms with Crippen molar-refractivity contribution in [3.8, 4) is 33.4 Å². The highest BCUT2D eigenvalue weighted by atomic mass is 16.3. The van der Waals surface area contributed by atoms with E-state index in [2.05, 4.69) is 207 Å². The first-order valence-corrected chi connectivity index (χ1v) is 19.1. The van der Waals surface area contributed by atoms with Crippen LogP contribution in [0.1, 0.15) is 25.0 Å². The van der Waals surface area contributed by atoms with E-state index in [1.54, 1.807) is 0 Å². The first kappa shape index (κ1) is 31.6. The van der Waals surface area contributed by atoms with Gasteiger partial charge in [-0.2, -0.15) is 0 Å². The van der Waals surface area contributed by atoms with Gasteiger partial charge in [0.05, 0.1) is 11.1 Å². The zero-order valence-corrected chi connectivity index (χ0v) is 30.8. The van der Waals surface area contributed by atoms with Crippen LogP contribution in [0.4, 0.5) is 17.1 Å². The Hall–Kier alpha value is -6.90. The molecule has 1 aromatic heterocycles. The molecule has 0 saturated heterocycles. The molecule has 0 amide bonds. The maximum absolute atomic E-state index is 7.06. The number of hydrogen-bond donors (Lipinski definition) is 0. The van der Waals surface area contributed by atoms with E-state index < -0.39 is 0 Å². The number of hydrogen-bond acceptors (Lipinski definition) is 2. The average Bonchev–Trinajstić information content (AvgIpc) is 3.72. The predicted octanol–water partition coefficient (Wildman–Crippen LogP) is 15.0. The van der Waals surface area contributed by atoms with Crippen molar-refractivity contribution >= 4 is 60.5 Å². The normalized spacial score (nSPS) is 13.1. The zero-order chi connectivity index (χ0) is 36.7. The highest BCUT2D eigenvalue weighted by Crippen LogP contribution is 2.52. The summed E-state index contributed by atoms with van der Waals surface area (Å²) in [4.78, 5) is 2.39. The Labute approximate surface area is 320 Å². The molecule has 10 aromatic rings. The van der Waals surface area contributed by atoms with Gasteiger partial charge in [0.25, 0.3) is 0 Å². The van der Waals surface area contributed by atoms with E-state index in [4.69, 9.17) is 4.42 Å². The van der Waals surface area contributed by atoms with Crippen LogP contribution in [0.2, 0.25) is 0 Å². The lowest BCUT2D eigenvalue weighted by Gasteiger charge is -2.27. The molecule has 11 rings (SSSR count). The Kier molecular flexibility index (Phi) is 6.93. The highest BCUT2D eigenvalue weighted by molar-refractivity contribution is 6.22. The lowest BCUT2D eigenvalue weighted by atomic mass is 9.81. The van der Waals surface area contributed by atoms with Crippen LogP contribution in [0.15, 0.2) is 192 Å². The van der Waals surface area contributed by atoms with E-state index in [1.807, 2.05) is 0 Å². The molecular weight excluding hydrogens is 667 g/mol. The zero-order valence-electron chi connectivity index (χ0n) is 30.8. The third-order valence-electron chi connectivity index (χ3n) is 11.8. The SMILES string of the molecule is CC1(C)c2ccccc2-c2ccc(-c3c4ccccc4cc4c3oc3cccc(N(c5ccc(-c6ccccc6)cc5)c5ccc6ccccc6c5)c34)cc21. The van der Waals surface area contributed by atoms with Crippen molar-refractivity contribution in [2.24, 2.45) is 0 Å². The molecular formula is C53H37NO. The van der Waals surface area contributed by atoms with Crippen molar-refractivity contribution in [1.82, 2.24) is 0 Å². The standard InChI is InChI=1S/C53H37NO/c1-53(2)46-20-11-10-19-43(46)44-30-26-39(33-47(44)53)50-42-18-9-8-17-38(42)32-45-51-48(21-12-22-49(51)55-52(45)50)54(41-29-25-35-15-6-7-16-37(35)31-41)40-27-23-36(24-28-40)34-13-4-3-5-14-34/h3-33H,1-2H3. The summed E-state index contributed by atoms with van der Waals surface area (Å²) in [6.07, 6.45) is 0. The number of rotatable bonds is 5. The molecule has 0 unspecified atom stereocenters. The molecule has 2 nitrogen and oxygen atoms in total. The monoisotopic (exact) mass is 703 g/mol. The maximum atomic E-state index is 7.06. The van der Waals surface area contributed by atoms with Crippen LogP contribution in [0.5, 0.6) is 0 Å². The molecule has 0 bridgehead atoms. The molecule has 0 fully saturated rings. The van der Waals surface area contributed by atoms with Crippen molar-refractivity contribution in [2.75, 3.05) is 4.90 Å². The van der Waals surface area contributed by atoms with Gasteiger partial charge in [-0.1, -0.05) is 153 Å². The lowest BCUT2D eigenvalue weighted by molar-refractivity contribution is 0.660. The van der Waals surface area contributed by atoms with Gasteiger partial charge >= 0.3 is 0 Å². The van der Waals surface area contributed by atoms with Crippen LogP contribution in [0.3, 0.4) is 0 Å². The summed E-state index contributed by atoms with van der Waals surface area (Å²) in [5.74, 6) is 0. The highest BCUT2D eigenvalue weighted by Gasteiger charge is 2.35. The number of benzene rings is 9. The van der Waals surface area contributed by atoms with Crippen molar-refractivity contribution in [3.05, 3.63) is 199 Å². The fourth-order valence-electron chi connectivity index (χ4n) is 9.11. The minimum absolute atomic E-state index is 0.108. The van der Waals surface area contributed by atoms with Gasteiger partial charge in [-0.25, -0.2) is 0 Å².